The van der Waals surface area contributed by atoms with Crippen molar-refractivity contribution in [3.63, 3.8) is 0 Å². The van der Waals surface area contributed by atoms with Crippen LogP contribution in [0.1, 0.15) is 16.8 Å². The number of hydrogen-bond acceptors (Lipinski definition) is 2. The third kappa shape index (κ3) is 2.44. The zero-order valence-electron chi connectivity index (χ0n) is 9.54. The standard InChI is InChI=1S/C12H14F2N2O/c1-16(9-4-5-15-7-9)12(17)10-3-2-8(13)6-11(10)14/h2-3,6,9,15H,4-5,7H2,1H3/t9-/m1/s1. The molecule has 0 bridgehead atoms. The highest BCUT2D eigenvalue weighted by atomic mass is 19.1. The summed E-state index contributed by atoms with van der Waals surface area (Å²) in [6, 6.07) is 3.09. The summed E-state index contributed by atoms with van der Waals surface area (Å²) in [5, 5.41) is 3.14. The van der Waals surface area contributed by atoms with Gasteiger partial charge in [-0.15, -0.1) is 0 Å². The molecular weight excluding hydrogens is 226 g/mol. The summed E-state index contributed by atoms with van der Waals surface area (Å²) in [6.07, 6.45) is 0.852. The van der Waals surface area contributed by atoms with E-state index in [1.54, 1.807) is 7.05 Å². The smallest absolute Gasteiger partial charge is 0.256 e. The van der Waals surface area contributed by atoms with E-state index in [0.29, 0.717) is 6.54 Å². The molecule has 1 aromatic rings. The zero-order valence-corrected chi connectivity index (χ0v) is 9.54. The first-order chi connectivity index (χ1) is 8.09. The molecule has 0 unspecified atom stereocenters. The van der Waals surface area contributed by atoms with Crippen LogP contribution in [0.25, 0.3) is 0 Å². The summed E-state index contributed by atoms with van der Waals surface area (Å²) in [6.45, 7) is 1.57. The van der Waals surface area contributed by atoms with E-state index in [1.807, 2.05) is 0 Å². The van der Waals surface area contributed by atoms with Crippen LogP contribution in [0, 0.1) is 11.6 Å². The lowest BCUT2D eigenvalue weighted by Gasteiger charge is -2.23. The van der Waals surface area contributed by atoms with Gasteiger partial charge in [0.15, 0.2) is 0 Å². The summed E-state index contributed by atoms with van der Waals surface area (Å²) in [7, 11) is 1.64. The van der Waals surface area contributed by atoms with Crippen LogP contribution < -0.4 is 5.32 Å². The fraction of sp³-hybridized carbons (Fsp3) is 0.417. The molecule has 1 heterocycles. The van der Waals surface area contributed by atoms with Crippen molar-refractivity contribution < 1.29 is 13.6 Å². The molecule has 1 aliphatic heterocycles. The number of hydrogen-bond donors (Lipinski definition) is 1. The van der Waals surface area contributed by atoms with Gasteiger partial charge < -0.3 is 10.2 Å². The molecule has 1 saturated heterocycles. The molecule has 0 radical (unpaired) electrons. The Hall–Kier alpha value is -1.49. The highest BCUT2D eigenvalue weighted by Crippen LogP contribution is 2.15. The summed E-state index contributed by atoms with van der Waals surface area (Å²) in [4.78, 5) is 13.5. The highest BCUT2D eigenvalue weighted by molar-refractivity contribution is 5.94. The van der Waals surface area contributed by atoms with E-state index in [9.17, 15) is 13.6 Å². The van der Waals surface area contributed by atoms with Crippen LogP contribution >= 0.6 is 0 Å². The molecular formula is C12H14F2N2O. The van der Waals surface area contributed by atoms with Crippen molar-refractivity contribution in [2.45, 2.75) is 12.5 Å². The van der Waals surface area contributed by atoms with E-state index in [0.717, 1.165) is 25.1 Å². The number of benzene rings is 1. The van der Waals surface area contributed by atoms with E-state index in [1.165, 1.54) is 11.0 Å². The van der Waals surface area contributed by atoms with Crippen molar-refractivity contribution in [1.29, 1.82) is 0 Å². The Morgan fingerprint density at radius 3 is 2.82 bits per heavy atom. The van der Waals surface area contributed by atoms with Crippen LogP contribution in [0.2, 0.25) is 0 Å². The van der Waals surface area contributed by atoms with Crippen LogP contribution in [-0.2, 0) is 0 Å². The Bertz CT molecular complexity index is 431. The van der Waals surface area contributed by atoms with Gasteiger partial charge in [-0.2, -0.15) is 0 Å². The molecule has 17 heavy (non-hydrogen) atoms. The maximum atomic E-state index is 13.4. The average Bonchev–Trinajstić information content (AvgIpc) is 2.80. The molecule has 1 atom stereocenters. The molecule has 2 rings (SSSR count). The van der Waals surface area contributed by atoms with Crippen molar-refractivity contribution in [3.05, 3.63) is 35.4 Å². The third-order valence-electron chi connectivity index (χ3n) is 3.06. The Kier molecular flexibility index (Phi) is 3.38. The van der Waals surface area contributed by atoms with Gasteiger partial charge in [0.25, 0.3) is 5.91 Å². The maximum absolute atomic E-state index is 13.4. The number of likely N-dealkylation sites (N-methyl/N-ethyl adjacent to an activating group) is 1. The van der Waals surface area contributed by atoms with E-state index in [2.05, 4.69) is 5.32 Å². The first kappa shape index (κ1) is 12.0. The molecule has 92 valence electrons. The van der Waals surface area contributed by atoms with Gasteiger partial charge in [0, 0.05) is 25.7 Å². The predicted octanol–water partition coefficient (Wildman–Crippen LogP) is 1.40. The first-order valence-corrected chi connectivity index (χ1v) is 5.52. The Morgan fingerprint density at radius 1 is 1.47 bits per heavy atom. The molecule has 0 spiro atoms. The second kappa shape index (κ2) is 4.79. The molecule has 1 aromatic carbocycles. The van der Waals surface area contributed by atoms with Gasteiger partial charge in [0.2, 0.25) is 0 Å². The number of amides is 1. The van der Waals surface area contributed by atoms with Gasteiger partial charge in [0.05, 0.1) is 5.56 Å². The second-order valence-corrected chi connectivity index (χ2v) is 4.19. The minimum Gasteiger partial charge on any atom is -0.337 e. The average molecular weight is 240 g/mol. The van der Waals surface area contributed by atoms with E-state index in [4.69, 9.17) is 0 Å². The molecule has 0 aromatic heterocycles. The quantitative estimate of drug-likeness (QED) is 0.847. The predicted molar refractivity (Wildman–Crippen MR) is 59.7 cm³/mol. The van der Waals surface area contributed by atoms with Crippen LogP contribution in [0.5, 0.6) is 0 Å². The largest absolute Gasteiger partial charge is 0.337 e. The lowest BCUT2D eigenvalue weighted by molar-refractivity contribution is 0.0739. The van der Waals surface area contributed by atoms with Crippen molar-refractivity contribution in [2.75, 3.05) is 20.1 Å². The molecule has 1 amide bonds. The van der Waals surface area contributed by atoms with Gasteiger partial charge in [-0.1, -0.05) is 0 Å². The molecule has 5 heteroatoms. The minimum atomic E-state index is -0.812. The molecule has 0 aliphatic carbocycles. The number of nitrogens with zero attached hydrogens (tertiary/aromatic N) is 1. The number of halogens is 2. The number of nitrogens with one attached hydrogen (secondary N) is 1. The van der Waals surface area contributed by atoms with Gasteiger partial charge in [-0.25, -0.2) is 8.78 Å². The molecule has 1 fully saturated rings. The molecule has 1 aliphatic rings. The van der Waals surface area contributed by atoms with E-state index < -0.39 is 17.5 Å². The number of carbonyl (C=O) groups excluding carboxylic acids is 1. The van der Waals surface area contributed by atoms with Gasteiger partial charge >= 0.3 is 0 Å². The molecule has 3 nitrogen and oxygen atoms in total. The fourth-order valence-corrected chi connectivity index (χ4v) is 1.99. The van der Waals surface area contributed by atoms with Crippen LogP contribution in [-0.4, -0.2) is 37.0 Å². The Morgan fingerprint density at radius 2 is 2.24 bits per heavy atom. The minimum absolute atomic E-state index is 0.0759. The van der Waals surface area contributed by atoms with Crippen molar-refractivity contribution in [2.24, 2.45) is 0 Å². The van der Waals surface area contributed by atoms with Crippen molar-refractivity contribution in [3.8, 4) is 0 Å². The van der Waals surface area contributed by atoms with Crippen molar-refractivity contribution >= 4 is 5.91 Å². The van der Waals surface area contributed by atoms with E-state index >= 15 is 0 Å². The van der Waals surface area contributed by atoms with Crippen molar-refractivity contribution in [1.82, 2.24) is 10.2 Å². The Balaban J connectivity index is 2.18. The topological polar surface area (TPSA) is 32.3 Å². The summed E-state index contributed by atoms with van der Waals surface area (Å²) in [5.41, 5.74) is -0.0826. The summed E-state index contributed by atoms with van der Waals surface area (Å²) < 4.78 is 26.2. The van der Waals surface area contributed by atoms with Gasteiger partial charge in [-0.3, -0.25) is 4.79 Å². The first-order valence-electron chi connectivity index (χ1n) is 5.52. The maximum Gasteiger partial charge on any atom is 0.256 e. The van der Waals surface area contributed by atoms with E-state index in [-0.39, 0.29) is 11.6 Å². The monoisotopic (exact) mass is 240 g/mol. The summed E-state index contributed by atoms with van der Waals surface area (Å²) >= 11 is 0. The fourth-order valence-electron chi connectivity index (χ4n) is 1.99. The lowest BCUT2D eigenvalue weighted by atomic mass is 10.1. The summed E-state index contributed by atoms with van der Waals surface area (Å²) in [5.74, 6) is -1.90. The SMILES string of the molecule is CN(C(=O)c1ccc(F)cc1F)[C@@H]1CCNC1. The lowest BCUT2D eigenvalue weighted by Crippen LogP contribution is -2.38. The van der Waals surface area contributed by atoms with Gasteiger partial charge in [0.1, 0.15) is 11.6 Å². The third-order valence-corrected chi connectivity index (χ3v) is 3.06. The molecule has 1 N–H and O–H groups in total. The normalized spacial score (nSPS) is 19.4. The van der Waals surface area contributed by atoms with Crippen LogP contribution in [0.15, 0.2) is 18.2 Å². The highest BCUT2D eigenvalue weighted by Gasteiger charge is 2.25. The van der Waals surface area contributed by atoms with Crippen LogP contribution in [0.4, 0.5) is 8.78 Å². The number of rotatable bonds is 2. The number of carbonyl (C=O) groups is 1. The second-order valence-electron chi connectivity index (χ2n) is 4.19. The Labute approximate surface area is 98.4 Å². The zero-order chi connectivity index (χ0) is 12.4. The van der Waals surface area contributed by atoms with Crippen LogP contribution in [0.3, 0.4) is 0 Å². The van der Waals surface area contributed by atoms with Gasteiger partial charge in [-0.05, 0) is 25.1 Å². The molecule has 0 saturated carbocycles.